The van der Waals surface area contributed by atoms with Gasteiger partial charge in [-0.05, 0) is 61.6 Å². The molecule has 0 aliphatic rings. The first-order chi connectivity index (χ1) is 15.2. The Balaban J connectivity index is 1.78. The largest absolute Gasteiger partial charge is 0.355 e. The van der Waals surface area contributed by atoms with E-state index in [-0.39, 0.29) is 5.91 Å². The zero-order valence-electron chi connectivity index (χ0n) is 17.0. The van der Waals surface area contributed by atoms with Crippen LogP contribution in [0.5, 0.6) is 0 Å². The van der Waals surface area contributed by atoms with Crippen molar-refractivity contribution < 1.29 is 9.59 Å². The Morgan fingerprint density at radius 3 is 1.77 bits per heavy atom. The first-order valence-corrected chi connectivity index (χ1v) is 10.1. The zero-order valence-corrected chi connectivity index (χ0v) is 17.0. The van der Waals surface area contributed by atoms with Gasteiger partial charge in [-0.3, -0.25) is 9.59 Å². The van der Waals surface area contributed by atoms with Crippen LogP contribution in [0.2, 0.25) is 0 Å². The van der Waals surface area contributed by atoms with Crippen LogP contribution in [0, 0.1) is 0 Å². The summed E-state index contributed by atoms with van der Waals surface area (Å²) < 4.78 is 0. The van der Waals surface area contributed by atoms with Crippen molar-refractivity contribution in [2.45, 2.75) is 0 Å². The summed E-state index contributed by atoms with van der Waals surface area (Å²) in [4.78, 5) is 23.3. The van der Waals surface area contributed by atoms with Gasteiger partial charge in [-0.2, -0.15) is 0 Å². The quantitative estimate of drug-likeness (QED) is 0.296. The number of nitrogens with one attached hydrogen (secondary N) is 2. The van der Waals surface area contributed by atoms with E-state index in [2.05, 4.69) is 77.4 Å². The molecule has 2 N–H and O–H groups in total. The van der Waals surface area contributed by atoms with Crippen LogP contribution in [-0.2, 0) is 4.79 Å². The third kappa shape index (κ3) is 3.09. The van der Waals surface area contributed by atoms with E-state index in [1.54, 1.807) is 13.1 Å². The van der Waals surface area contributed by atoms with Crippen LogP contribution in [0.15, 0.2) is 84.9 Å². The van der Waals surface area contributed by atoms with Gasteiger partial charge in [0.2, 0.25) is 6.41 Å². The van der Waals surface area contributed by atoms with Crippen molar-refractivity contribution in [3.63, 3.8) is 0 Å². The number of benzene rings is 5. The lowest BCUT2D eigenvalue weighted by Gasteiger charge is -2.13. The predicted octanol–water partition coefficient (Wildman–Crippen LogP) is 5.74. The molecule has 0 aromatic heterocycles. The van der Waals surface area contributed by atoms with Crippen LogP contribution in [0.1, 0.15) is 10.4 Å². The molecule has 5 rings (SSSR count). The number of fused-ring (bicyclic) bond motifs is 6. The van der Waals surface area contributed by atoms with Crippen LogP contribution in [0.3, 0.4) is 0 Å². The van der Waals surface area contributed by atoms with Crippen LogP contribution < -0.4 is 10.6 Å². The summed E-state index contributed by atoms with van der Waals surface area (Å²) in [5.41, 5.74) is 2.83. The summed E-state index contributed by atoms with van der Waals surface area (Å²) in [7, 11) is 1.58. The van der Waals surface area contributed by atoms with Gasteiger partial charge < -0.3 is 10.6 Å². The molecule has 0 aliphatic heterocycles. The molecule has 0 radical (unpaired) electrons. The van der Waals surface area contributed by atoms with E-state index in [4.69, 9.17) is 0 Å². The Morgan fingerprint density at radius 1 is 0.677 bits per heavy atom. The summed E-state index contributed by atoms with van der Waals surface area (Å²) in [5.74, 6) is -0.247. The van der Waals surface area contributed by atoms with E-state index < -0.39 is 0 Å². The molecule has 0 atom stereocenters. The molecule has 31 heavy (non-hydrogen) atoms. The average molecular weight is 404 g/mol. The minimum Gasteiger partial charge on any atom is -0.355 e. The van der Waals surface area contributed by atoms with Crippen LogP contribution >= 0.6 is 0 Å². The summed E-state index contributed by atoms with van der Waals surface area (Å²) in [6.45, 7) is 0. The molecule has 150 valence electrons. The molecular formula is C27H20N2O2. The van der Waals surface area contributed by atoms with E-state index in [0.29, 0.717) is 17.7 Å². The van der Waals surface area contributed by atoms with Gasteiger partial charge in [-0.25, -0.2) is 0 Å². The molecule has 0 saturated heterocycles. The van der Waals surface area contributed by atoms with E-state index in [1.807, 2.05) is 12.1 Å². The monoisotopic (exact) mass is 404 g/mol. The highest BCUT2D eigenvalue weighted by molar-refractivity contribution is 6.25. The third-order valence-corrected chi connectivity index (χ3v) is 5.78. The van der Waals surface area contributed by atoms with E-state index in [0.717, 1.165) is 11.1 Å². The number of hydrogen-bond acceptors (Lipinski definition) is 2. The first kappa shape index (κ1) is 18.8. The highest BCUT2D eigenvalue weighted by Gasteiger charge is 2.13. The smallest absolute Gasteiger partial charge is 0.253 e. The predicted molar refractivity (Wildman–Crippen MR) is 127 cm³/mol. The Bertz CT molecular complexity index is 1450. The molecule has 0 saturated carbocycles. The number of anilines is 1. The Labute approximate surface area is 179 Å². The second kappa shape index (κ2) is 7.58. The van der Waals surface area contributed by atoms with Crippen molar-refractivity contribution >= 4 is 50.3 Å². The molecule has 0 heterocycles. The van der Waals surface area contributed by atoms with Gasteiger partial charge in [-0.15, -0.1) is 0 Å². The maximum Gasteiger partial charge on any atom is 0.253 e. The Morgan fingerprint density at radius 2 is 1.19 bits per heavy atom. The van der Waals surface area contributed by atoms with Gasteiger partial charge >= 0.3 is 0 Å². The number of amides is 2. The van der Waals surface area contributed by atoms with Gasteiger partial charge in [0, 0.05) is 7.05 Å². The fourth-order valence-corrected chi connectivity index (χ4v) is 4.32. The van der Waals surface area contributed by atoms with Crippen molar-refractivity contribution in [3.8, 4) is 11.1 Å². The molecule has 0 spiro atoms. The van der Waals surface area contributed by atoms with Crippen LogP contribution in [0.4, 0.5) is 5.69 Å². The van der Waals surface area contributed by atoms with Crippen molar-refractivity contribution in [2.24, 2.45) is 0 Å². The summed E-state index contributed by atoms with van der Waals surface area (Å²) in [6, 6.07) is 28.8. The van der Waals surface area contributed by atoms with Gasteiger partial charge in [0.1, 0.15) is 0 Å². The number of carbonyl (C=O) groups is 2. The molecule has 0 aliphatic carbocycles. The lowest BCUT2D eigenvalue weighted by atomic mass is 9.91. The molecule has 4 nitrogen and oxygen atoms in total. The summed E-state index contributed by atoms with van der Waals surface area (Å²) >= 11 is 0. The van der Waals surface area contributed by atoms with Gasteiger partial charge in [0.25, 0.3) is 5.91 Å². The van der Waals surface area contributed by atoms with Crippen molar-refractivity contribution in [3.05, 3.63) is 90.5 Å². The number of carbonyl (C=O) groups excluding carboxylic acids is 2. The Hall–Kier alpha value is -4.18. The first-order valence-electron chi connectivity index (χ1n) is 10.1. The van der Waals surface area contributed by atoms with Crippen LogP contribution in [-0.4, -0.2) is 19.4 Å². The lowest BCUT2D eigenvalue weighted by molar-refractivity contribution is -0.105. The minimum atomic E-state index is -0.247. The van der Waals surface area contributed by atoms with E-state index >= 15 is 0 Å². The lowest BCUT2D eigenvalue weighted by Crippen LogP contribution is -2.19. The second-order valence-electron chi connectivity index (χ2n) is 7.45. The highest BCUT2D eigenvalue weighted by Crippen LogP contribution is 2.37. The fourth-order valence-electron chi connectivity index (χ4n) is 4.32. The number of rotatable bonds is 4. The third-order valence-electron chi connectivity index (χ3n) is 5.78. The molecule has 2 amide bonds. The van der Waals surface area contributed by atoms with Crippen molar-refractivity contribution in [2.75, 3.05) is 12.4 Å². The SMILES string of the molecule is CNC(=O)c1cc(-c2ccc3c4ccccc4c4ccccc4c3c2)ccc1NC=O. The normalized spacial score (nSPS) is 11.0. The maximum atomic E-state index is 12.4. The topological polar surface area (TPSA) is 58.2 Å². The van der Waals surface area contributed by atoms with Gasteiger partial charge in [0.15, 0.2) is 0 Å². The van der Waals surface area contributed by atoms with Crippen LogP contribution in [0.25, 0.3) is 43.4 Å². The maximum absolute atomic E-state index is 12.4. The van der Waals surface area contributed by atoms with Gasteiger partial charge in [0.05, 0.1) is 11.3 Å². The molecule has 5 aromatic rings. The highest BCUT2D eigenvalue weighted by atomic mass is 16.1. The molecule has 0 unspecified atom stereocenters. The van der Waals surface area contributed by atoms with Gasteiger partial charge in [-0.1, -0.05) is 66.7 Å². The standard InChI is InChI=1S/C27H20N2O2/c1-28-27(31)25-15-18(11-13-26(25)29-16-30)17-10-12-23-21-8-3-2-6-19(21)20-7-4-5-9-22(20)24(23)14-17/h2-16H,1H3,(H,28,31)(H,29,30). The molecule has 0 bridgehead atoms. The van der Waals surface area contributed by atoms with Crippen molar-refractivity contribution in [1.82, 2.24) is 5.32 Å². The fraction of sp³-hybridized carbons (Fsp3) is 0.0370. The zero-order chi connectivity index (χ0) is 21.4. The minimum absolute atomic E-state index is 0.247. The molecule has 5 aromatic carbocycles. The van der Waals surface area contributed by atoms with E-state index in [9.17, 15) is 9.59 Å². The molecule has 0 fully saturated rings. The molecule has 4 heteroatoms. The summed E-state index contributed by atoms with van der Waals surface area (Å²) in [5, 5.41) is 12.5. The number of hydrogen-bond donors (Lipinski definition) is 2. The average Bonchev–Trinajstić information content (AvgIpc) is 2.84. The Kier molecular flexibility index (Phi) is 4.60. The second-order valence-corrected chi connectivity index (χ2v) is 7.45. The summed E-state index contributed by atoms with van der Waals surface area (Å²) in [6.07, 6.45) is 0.578. The van der Waals surface area contributed by atoms with Crippen molar-refractivity contribution in [1.29, 1.82) is 0 Å². The molecular weight excluding hydrogens is 384 g/mol. The van der Waals surface area contributed by atoms with E-state index in [1.165, 1.54) is 32.3 Å².